The fourth-order valence-electron chi connectivity index (χ4n) is 4.03. The number of likely N-dealkylation sites (tertiary alicyclic amines) is 1. The highest BCUT2D eigenvalue weighted by Crippen LogP contribution is 2.22. The van der Waals surface area contributed by atoms with E-state index in [2.05, 4.69) is 33.9 Å². The molecule has 1 aliphatic carbocycles. The monoisotopic (exact) mass is 333 g/mol. The normalized spacial score (nSPS) is 22.8. The molecule has 1 atom stereocenters. The maximum Gasteiger partial charge on any atom is 0.317 e. The van der Waals surface area contributed by atoms with Crippen molar-refractivity contribution >= 4 is 6.03 Å². The molecule has 1 N–H and O–H groups in total. The van der Waals surface area contributed by atoms with Crippen LogP contribution < -0.4 is 5.32 Å². The minimum Gasteiger partial charge on any atom is -0.335 e. The number of amides is 2. The van der Waals surface area contributed by atoms with E-state index in [9.17, 15) is 4.79 Å². The van der Waals surface area contributed by atoms with Crippen LogP contribution in [0.4, 0.5) is 4.79 Å². The van der Waals surface area contributed by atoms with Crippen LogP contribution >= 0.6 is 0 Å². The van der Waals surface area contributed by atoms with E-state index in [-0.39, 0.29) is 6.03 Å². The van der Waals surface area contributed by atoms with Crippen molar-refractivity contribution in [1.82, 2.24) is 25.0 Å². The van der Waals surface area contributed by atoms with Gasteiger partial charge < -0.3 is 14.8 Å². The molecule has 1 unspecified atom stereocenters. The topological polar surface area (TPSA) is 63.1 Å². The number of aromatic nitrogens is 3. The van der Waals surface area contributed by atoms with Crippen LogP contribution in [0.2, 0.25) is 0 Å². The lowest BCUT2D eigenvalue weighted by Gasteiger charge is -2.34. The molecule has 0 spiro atoms. The molecular formula is C18H31N5O. The first kappa shape index (κ1) is 17.2. The lowest BCUT2D eigenvalue weighted by Crippen LogP contribution is -2.49. The smallest absolute Gasteiger partial charge is 0.317 e. The summed E-state index contributed by atoms with van der Waals surface area (Å²) in [5.41, 5.74) is 0. The summed E-state index contributed by atoms with van der Waals surface area (Å²) < 4.78 is 2.14. The van der Waals surface area contributed by atoms with Crippen LogP contribution in [0, 0.1) is 5.92 Å². The van der Waals surface area contributed by atoms with E-state index in [0.29, 0.717) is 18.0 Å². The zero-order valence-corrected chi connectivity index (χ0v) is 15.1. The summed E-state index contributed by atoms with van der Waals surface area (Å²) in [7, 11) is 0. The van der Waals surface area contributed by atoms with Gasteiger partial charge in [-0.05, 0) is 45.4 Å². The highest BCUT2D eigenvalue weighted by atomic mass is 16.2. The largest absolute Gasteiger partial charge is 0.335 e. The maximum absolute atomic E-state index is 12.6. The predicted octanol–water partition coefficient (Wildman–Crippen LogP) is 3.16. The van der Waals surface area contributed by atoms with Gasteiger partial charge in [0.1, 0.15) is 12.2 Å². The molecule has 0 radical (unpaired) electrons. The van der Waals surface area contributed by atoms with E-state index in [1.807, 2.05) is 11.2 Å². The zero-order chi connectivity index (χ0) is 16.9. The van der Waals surface area contributed by atoms with Gasteiger partial charge in [-0.3, -0.25) is 0 Å². The number of urea groups is 1. The number of hydrogen-bond acceptors (Lipinski definition) is 3. The molecule has 1 saturated heterocycles. The summed E-state index contributed by atoms with van der Waals surface area (Å²) >= 11 is 0. The number of carbonyl (C=O) groups is 1. The zero-order valence-electron chi connectivity index (χ0n) is 15.1. The Balaban J connectivity index is 1.53. The molecule has 2 heterocycles. The Morgan fingerprint density at radius 3 is 2.79 bits per heavy atom. The van der Waals surface area contributed by atoms with Gasteiger partial charge in [-0.1, -0.05) is 19.3 Å². The molecule has 2 amide bonds. The standard InChI is InChI=1S/C18H31N5O/c1-14(2)23-13-19-21-17(23)11-15-7-6-10-22(12-15)18(24)20-16-8-4-3-5-9-16/h13-16H,3-12H2,1-2H3,(H,20,24). The molecule has 1 aromatic rings. The second kappa shape index (κ2) is 7.99. The van der Waals surface area contributed by atoms with E-state index in [4.69, 9.17) is 0 Å². The van der Waals surface area contributed by atoms with Gasteiger partial charge in [0, 0.05) is 31.6 Å². The average Bonchev–Trinajstić information content (AvgIpc) is 3.04. The Labute approximate surface area is 145 Å². The van der Waals surface area contributed by atoms with Crippen LogP contribution in [0.25, 0.3) is 0 Å². The summed E-state index contributed by atoms with van der Waals surface area (Å²) in [6.07, 6.45) is 11.1. The molecule has 24 heavy (non-hydrogen) atoms. The van der Waals surface area contributed by atoms with Crippen LogP contribution in [0.1, 0.15) is 70.7 Å². The fraction of sp³-hybridized carbons (Fsp3) is 0.833. The molecule has 2 fully saturated rings. The van der Waals surface area contributed by atoms with Crippen LogP contribution in [0.3, 0.4) is 0 Å². The quantitative estimate of drug-likeness (QED) is 0.920. The van der Waals surface area contributed by atoms with Crippen molar-refractivity contribution in [3.8, 4) is 0 Å². The number of piperidine rings is 1. The van der Waals surface area contributed by atoms with Crippen molar-refractivity contribution in [3.63, 3.8) is 0 Å². The predicted molar refractivity (Wildman–Crippen MR) is 93.8 cm³/mol. The van der Waals surface area contributed by atoms with Gasteiger partial charge in [0.2, 0.25) is 0 Å². The molecule has 3 rings (SSSR count). The van der Waals surface area contributed by atoms with E-state index in [1.54, 1.807) is 0 Å². The number of nitrogens with zero attached hydrogens (tertiary/aromatic N) is 4. The van der Waals surface area contributed by atoms with Gasteiger partial charge in [-0.2, -0.15) is 0 Å². The second-order valence-corrected chi connectivity index (χ2v) is 7.69. The van der Waals surface area contributed by atoms with Crippen molar-refractivity contribution < 1.29 is 4.79 Å². The van der Waals surface area contributed by atoms with Gasteiger partial charge in [0.05, 0.1) is 0 Å². The average molecular weight is 333 g/mol. The molecule has 6 nitrogen and oxygen atoms in total. The summed E-state index contributed by atoms with van der Waals surface area (Å²) in [6.45, 7) is 6.02. The third-order valence-corrected chi connectivity index (χ3v) is 5.41. The minimum atomic E-state index is 0.136. The van der Waals surface area contributed by atoms with E-state index < -0.39 is 0 Å². The Morgan fingerprint density at radius 1 is 1.25 bits per heavy atom. The lowest BCUT2D eigenvalue weighted by atomic mass is 9.94. The van der Waals surface area contributed by atoms with E-state index >= 15 is 0 Å². The van der Waals surface area contributed by atoms with E-state index in [0.717, 1.165) is 51.0 Å². The molecule has 0 bridgehead atoms. The third kappa shape index (κ3) is 4.28. The second-order valence-electron chi connectivity index (χ2n) is 7.69. The summed E-state index contributed by atoms with van der Waals surface area (Å²) in [4.78, 5) is 14.6. The van der Waals surface area contributed by atoms with Crippen molar-refractivity contribution in [2.45, 2.75) is 77.3 Å². The van der Waals surface area contributed by atoms with Crippen molar-refractivity contribution in [3.05, 3.63) is 12.2 Å². The highest BCUT2D eigenvalue weighted by molar-refractivity contribution is 5.74. The van der Waals surface area contributed by atoms with Gasteiger partial charge >= 0.3 is 6.03 Å². The van der Waals surface area contributed by atoms with Crippen molar-refractivity contribution in [2.24, 2.45) is 5.92 Å². The van der Waals surface area contributed by atoms with Crippen LogP contribution in [0.5, 0.6) is 0 Å². The van der Waals surface area contributed by atoms with Crippen LogP contribution in [0.15, 0.2) is 6.33 Å². The Morgan fingerprint density at radius 2 is 2.04 bits per heavy atom. The van der Waals surface area contributed by atoms with Crippen LogP contribution in [-0.2, 0) is 6.42 Å². The third-order valence-electron chi connectivity index (χ3n) is 5.41. The minimum absolute atomic E-state index is 0.136. The van der Waals surface area contributed by atoms with Gasteiger partial charge in [0.15, 0.2) is 0 Å². The molecular weight excluding hydrogens is 302 g/mol. The Hall–Kier alpha value is -1.59. The van der Waals surface area contributed by atoms with Crippen molar-refractivity contribution in [2.75, 3.05) is 13.1 Å². The first-order chi connectivity index (χ1) is 11.6. The first-order valence-electron chi connectivity index (χ1n) is 9.57. The van der Waals surface area contributed by atoms with Crippen molar-refractivity contribution in [1.29, 1.82) is 0 Å². The molecule has 1 aromatic heterocycles. The van der Waals surface area contributed by atoms with E-state index in [1.165, 1.54) is 19.3 Å². The fourth-order valence-corrected chi connectivity index (χ4v) is 4.03. The van der Waals surface area contributed by atoms with Gasteiger partial charge in [0.25, 0.3) is 0 Å². The first-order valence-corrected chi connectivity index (χ1v) is 9.57. The summed E-state index contributed by atoms with van der Waals surface area (Å²) in [5, 5.41) is 11.6. The Kier molecular flexibility index (Phi) is 5.74. The maximum atomic E-state index is 12.6. The molecule has 1 aliphatic heterocycles. The van der Waals surface area contributed by atoms with Crippen LogP contribution in [-0.4, -0.2) is 44.8 Å². The number of carbonyl (C=O) groups excluding carboxylic acids is 1. The number of nitrogens with one attached hydrogen (secondary N) is 1. The van der Waals surface area contributed by atoms with Gasteiger partial charge in [-0.15, -0.1) is 10.2 Å². The molecule has 1 saturated carbocycles. The lowest BCUT2D eigenvalue weighted by molar-refractivity contribution is 0.158. The molecule has 6 heteroatoms. The molecule has 2 aliphatic rings. The summed E-state index contributed by atoms with van der Waals surface area (Å²) in [5.74, 6) is 1.53. The molecule has 134 valence electrons. The SMILES string of the molecule is CC(C)n1cnnc1CC1CCCN(C(=O)NC2CCCCC2)C1. The Bertz CT molecular complexity index is 535. The number of rotatable bonds is 4. The number of hydrogen-bond donors (Lipinski definition) is 1. The highest BCUT2D eigenvalue weighted by Gasteiger charge is 2.27. The molecule has 0 aromatic carbocycles. The van der Waals surface area contributed by atoms with Gasteiger partial charge in [-0.25, -0.2) is 4.79 Å². The summed E-state index contributed by atoms with van der Waals surface area (Å²) in [6, 6.07) is 0.900.